The molecule has 104 valence electrons. The van der Waals surface area contributed by atoms with Gasteiger partial charge in [0.15, 0.2) is 0 Å². The monoisotopic (exact) mass is 281 g/mol. The molecule has 4 nitrogen and oxygen atoms in total. The lowest BCUT2D eigenvalue weighted by Crippen LogP contribution is -2.43. The third kappa shape index (κ3) is 4.11. The number of carbonyl (C=O) groups is 1. The molecule has 0 spiro atoms. The Bertz CT molecular complexity index is 456. The zero-order chi connectivity index (χ0) is 13.8. The van der Waals surface area contributed by atoms with Gasteiger partial charge in [-0.25, -0.2) is 0 Å². The maximum absolute atomic E-state index is 11.0. The summed E-state index contributed by atoms with van der Waals surface area (Å²) in [5.74, 6) is 0.0559. The van der Waals surface area contributed by atoms with Gasteiger partial charge in [-0.2, -0.15) is 0 Å². The molecule has 1 aliphatic rings. The molecule has 1 saturated heterocycles. The van der Waals surface area contributed by atoms with Gasteiger partial charge in [0.1, 0.15) is 0 Å². The fourth-order valence-electron chi connectivity index (χ4n) is 2.47. The molecule has 1 fully saturated rings. The number of nitrogens with two attached hydrogens (primary N) is 1. The molecule has 0 aromatic heterocycles. The van der Waals surface area contributed by atoms with Crippen LogP contribution in [0.15, 0.2) is 18.2 Å². The van der Waals surface area contributed by atoms with Crippen LogP contribution in [0.3, 0.4) is 0 Å². The van der Waals surface area contributed by atoms with Crippen LogP contribution in [0.4, 0.5) is 5.69 Å². The number of nitrogens with one attached hydrogen (secondary N) is 1. The van der Waals surface area contributed by atoms with Crippen molar-refractivity contribution in [1.29, 1.82) is 0 Å². The van der Waals surface area contributed by atoms with Crippen LogP contribution < -0.4 is 11.1 Å². The van der Waals surface area contributed by atoms with Gasteiger partial charge in [-0.3, -0.25) is 9.69 Å². The first-order chi connectivity index (χ1) is 9.04. The Kier molecular flexibility index (Phi) is 4.66. The van der Waals surface area contributed by atoms with E-state index < -0.39 is 0 Å². The van der Waals surface area contributed by atoms with Crippen LogP contribution in [0.25, 0.3) is 0 Å². The molecule has 1 aliphatic heterocycles. The van der Waals surface area contributed by atoms with E-state index >= 15 is 0 Å². The average Bonchev–Trinajstić information content (AvgIpc) is 2.34. The first-order valence-corrected chi connectivity index (χ1v) is 6.96. The summed E-state index contributed by atoms with van der Waals surface area (Å²) in [5, 5.41) is 3.65. The van der Waals surface area contributed by atoms with Crippen molar-refractivity contribution in [2.45, 2.75) is 32.4 Å². The number of likely N-dealkylation sites (tertiary alicyclic amines) is 1. The van der Waals surface area contributed by atoms with Crippen LogP contribution >= 0.6 is 11.6 Å². The highest BCUT2D eigenvalue weighted by Gasteiger charge is 2.20. The first kappa shape index (κ1) is 14.2. The second-order valence-corrected chi connectivity index (χ2v) is 5.53. The van der Waals surface area contributed by atoms with E-state index in [9.17, 15) is 4.79 Å². The van der Waals surface area contributed by atoms with Crippen molar-refractivity contribution < 1.29 is 4.79 Å². The lowest BCUT2D eigenvalue weighted by molar-refractivity contribution is -0.119. The summed E-state index contributed by atoms with van der Waals surface area (Å²) >= 11 is 5.89. The minimum absolute atomic E-state index is 0.0559. The summed E-state index contributed by atoms with van der Waals surface area (Å²) in [6, 6.07) is 5.96. The number of nitrogen functional groups attached to an aromatic ring is 1. The zero-order valence-electron chi connectivity index (χ0n) is 11.2. The van der Waals surface area contributed by atoms with E-state index in [4.69, 9.17) is 17.3 Å². The second kappa shape index (κ2) is 6.26. The van der Waals surface area contributed by atoms with Crippen molar-refractivity contribution in [2.75, 3.05) is 18.8 Å². The van der Waals surface area contributed by atoms with Crippen molar-refractivity contribution in [1.82, 2.24) is 10.2 Å². The van der Waals surface area contributed by atoms with E-state index in [0.29, 0.717) is 11.1 Å². The molecule has 2 rings (SSSR count). The third-order valence-corrected chi connectivity index (χ3v) is 3.73. The number of piperidine rings is 1. The molecule has 0 unspecified atom stereocenters. The minimum atomic E-state index is 0.0559. The number of halogens is 1. The van der Waals surface area contributed by atoms with Gasteiger partial charge in [0, 0.05) is 43.3 Å². The molecule has 0 atom stereocenters. The Hall–Kier alpha value is -1.26. The number of hydrogen-bond acceptors (Lipinski definition) is 3. The molecule has 3 N–H and O–H groups in total. The molecule has 1 heterocycles. The van der Waals surface area contributed by atoms with Crippen molar-refractivity contribution in [3.05, 3.63) is 28.8 Å². The van der Waals surface area contributed by atoms with Gasteiger partial charge in [-0.05, 0) is 30.5 Å². The molecule has 1 aromatic carbocycles. The second-order valence-electron chi connectivity index (χ2n) is 5.09. The number of nitrogens with zero attached hydrogens (tertiary/aromatic N) is 1. The topological polar surface area (TPSA) is 58.4 Å². The SMILES string of the molecule is CC(=O)NC1CCN(Cc2ccc(Cl)cc2N)CC1. The molecule has 0 bridgehead atoms. The molecule has 1 aromatic rings. The smallest absolute Gasteiger partial charge is 0.217 e. The molecule has 0 radical (unpaired) electrons. The summed E-state index contributed by atoms with van der Waals surface area (Å²) < 4.78 is 0. The number of rotatable bonds is 3. The predicted octanol–water partition coefficient (Wildman–Crippen LogP) is 2.02. The van der Waals surface area contributed by atoms with E-state index in [0.717, 1.165) is 43.7 Å². The Morgan fingerprint density at radius 3 is 2.74 bits per heavy atom. The lowest BCUT2D eigenvalue weighted by Gasteiger charge is -2.32. The average molecular weight is 282 g/mol. The number of amides is 1. The Labute approximate surface area is 118 Å². The van der Waals surface area contributed by atoms with Gasteiger partial charge in [0.2, 0.25) is 5.91 Å². The number of benzene rings is 1. The van der Waals surface area contributed by atoms with Crippen LogP contribution in [-0.2, 0) is 11.3 Å². The molecule has 0 saturated carbocycles. The predicted molar refractivity (Wildman–Crippen MR) is 78.0 cm³/mol. The summed E-state index contributed by atoms with van der Waals surface area (Å²) in [5.41, 5.74) is 7.82. The maximum atomic E-state index is 11.0. The van der Waals surface area contributed by atoms with E-state index in [1.165, 1.54) is 0 Å². The Balaban J connectivity index is 1.87. The van der Waals surface area contributed by atoms with Gasteiger partial charge < -0.3 is 11.1 Å². The highest BCUT2D eigenvalue weighted by molar-refractivity contribution is 6.30. The van der Waals surface area contributed by atoms with Gasteiger partial charge >= 0.3 is 0 Å². The summed E-state index contributed by atoms with van der Waals surface area (Å²) in [4.78, 5) is 13.4. The molecule has 1 amide bonds. The summed E-state index contributed by atoms with van der Waals surface area (Å²) in [7, 11) is 0. The van der Waals surface area contributed by atoms with E-state index in [1.807, 2.05) is 12.1 Å². The quantitative estimate of drug-likeness (QED) is 0.834. The minimum Gasteiger partial charge on any atom is -0.398 e. The van der Waals surface area contributed by atoms with Crippen LogP contribution in [0.2, 0.25) is 5.02 Å². The van der Waals surface area contributed by atoms with Crippen LogP contribution in [-0.4, -0.2) is 29.9 Å². The van der Waals surface area contributed by atoms with Gasteiger partial charge in [-0.1, -0.05) is 17.7 Å². The molecule has 5 heteroatoms. The standard InChI is InChI=1S/C14H20ClN3O/c1-10(19)17-13-4-6-18(7-5-13)9-11-2-3-12(15)8-14(11)16/h2-3,8,13H,4-7,9,16H2,1H3,(H,17,19). The summed E-state index contributed by atoms with van der Waals surface area (Å²) in [6.07, 6.45) is 1.99. The molecular formula is C14H20ClN3O. The van der Waals surface area contributed by atoms with Gasteiger partial charge in [-0.15, -0.1) is 0 Å². The maximum Gasteiger partial charge on any atom is 0.217 e. The molecule has 0 aliphatic carbocycles. The summed E-state index contributed by atoms with van der Waals surface area (Å²) in [6.45, 7) is 4.37. The highest BCUT2D eigenvalue weighted by Crippen LogP contribution is 2.21. The number of hydrogen-bond donors (Lipinski definition) is 2. The first-order valence-electron chi connectivity index (χ1n) is 6.58. The van der Waals surface area contributed by atoms with Crippen molar-refractivity contribution >= 4 is 23.2 Å². The fraction of sp³-hybridized carbons (Fsp3) is 0.500. The normalized spacial score (nSPS) is 17.4. The van der Waals surface area contributed by atoms with Crippen LogP contribution in [0.5, 0.6) is 0 Å². The van der Waals surface area contributed by atoms with E-state index in [2.05, 4.69) is 10.2 Å². The third-order valence-electron chi connectivity index (χ3n) is 3.50. The fourth-order valence-corrected chi connectivity index (χ4v) is 2.65. The Morgan fingerprint density at radius 1 is 1.47 bits per heavy atom. The molecule has 19 heavy (non-hydrogen) atoms. The number of carbonyl (C=O) groups excluding carboxylic acids is 1. The molecular weight excluding hydrogens is 262 g/mol. The zero-order valence-corrected chi connectivity index (χ0v) is 11.9. The largest absolute Gasteiger partial charge is 0.398 e. The highest BCUT2D eigenvalue weighted by atomic mass is 35.5. The van der Waals surface area contributed by atoms with Crippen LogP contribution in [0, 0.1) is 0 Å². The van der Waals surface area contributed by atoms with Crippen molar-refractivity contribution in [2.24, 2.45) is 0 Å². The lowest BCUT2D eigenvalue weighted by atomic mass is 10.0. The van der Waals surface area contributed by atoms with Crippen molar-refractivity contribution in [3.8, 4) is 0 Å². The van der Waals surface area contributed by atoms with E-state index in [-0.39, 0.29) is 5.91 Å². The Morgan fingerprint density at radius 2 is 2.16 bits per heavy atom. The van der Waals surface area contributed by atoms with Gasteiger partial charge in [0.25, 0.3) is 0 Å². The number of anilines is 1. The van der Waals surface area contributed by atoms with Crippen molar-refractivity contribution in [3.63, 3.8) is 0 Å². The van der Waals surface area contributed by atoms with Gasteiger partial charge in [0.05, 0.1) is 0 Å². The van der Waals surface area contributed by atoms with E-state index in [1.54, 1.807) is 13.0 Å². The van der Waals surface area contributed by atoms with Crippen LogP contribution in [0.1, 0.15) is 25.3 Å².